The van der Waals surface area contributed by atoms with Crippen molar-refractivity contribution in [1.29, 1.82) is 0 Å². The van der Waals surface area contributed by atoms with Crippen LogP contribution in [0.1, 0.15) is 51.8 Å². The van der Waals surface area contributed by atoms with Crippen LogP contribution in [0.15, 0.2) is 72.8 Å². The number of carbonyl (C=O) groups excluding carboxylic acids is 6. The van der Waals surface area contributed by atoms with Gasteiger partial charge in [-0.2, -0.15) is 0 Å². The van der Waals surface area contributed by atoms with Gasteiger partial charge in [-0.1, -0.05) is 36.4 Å². The molecule has 0 N–H and O–H groups in total. The van der Waals surface area contributed by atoms with Gasteiger partial charge in [0.15, 0.2) is 0 Å². The van der Waals surface area contributed by atoms with Crippen molar-refractivity contribution in [3.05, 3.63) is 89.5 Å². The molecule has 3 aromatic rings. The highest BCUT2D eigenvalue weighted by atomic mass is 16.6. The van der Waals surface area contributed by atoms with Crippen molar-refractivity contribution in [2.45, 2.75) is 20.8 Å². The summed E-state index contributed by atoms with van der Waals surface area (Å²) in [5, 5.41) is 0. The van der Waals surface area contributed by atoms with E-state index in [0.29, 0.717) is 0 Å². The molecule has 0 bridgehead atoms. The maximum atomic E-state index is 12.7. The highest BCUT2D eigenvalue weighted by Gasteiger charge is 2.19. The van der Waals surface area contributed by atoms with Gasteiger partial charge < -0.3 is 28.4 Å². The fourth-order valence-corrected chi connectivity index (χ4v) is 4.01. The molecule has 0 saturated carbocycles. The van der Waals surface area contributed by atoms with Crippen molar-refractivity contribution >= 4 is 35.8 Å². The molecule has 0 saturated heterocycles. The monoisotopic (exact) mass is 635 g/mol. The van der Waals surface area contributed by atoms with Crippen LogP contribution in [0.3, 0.4) is 0 Å². The summed E-state index contributed by atoms with van der Waals surface area (Å²) in [7, 11) is 0. The molecule has 0 radical (unpaired) electrons. The first-order chi connectivity index (χ1) is 22.0. The quantitative estimate of drug-likeness (QED) is 0.135. The molecule has 0 aliphatic rings. The predicted molar refractivity (Wildman–Crippen MR) is 161 cm³/mol. The first-order valence-electron chi connectivity index (χ1n) is 14.1. The van der Waals surface area contributed by atoms with Crippen molar-refractivity contribution < 1.29 is 57.2 Å². The second-order valence-electron chi connectivity index (χ2n) is 9.52. The Kier molecular flexibility index (Phi) is 13.4. The minimum atomic E-state index is -0.723. The molecule has 0 aromatic heterocycles. The number of rotatable bonds is 15. The Balaban J connectivity index is 1.63. The summed E-state index contributed by atoms with van der Waals surface area (Å²) >= 11 is 0. The van der Waals surface area contributed by atoms with E-state index in [2.05, 4.69) is 0 Å². The smallest absolute Gasteiger partial charge is 0.341 e. The summed E-state index contributed by atoms with van der Waals surface area (Å²) in [6.45, 7) is 3.73. The van der Waals surface area contributed by atoms with Gasteiger partial charge >= 0.3 is 35.8 Å². The topological polar surface area (TPSA) is 161 Å². The summed E-state index contributed by atoms with van der Waals surface area (Å²) in [5.74, 6) is -3.79. The zero-order valence-corrected chi connectivity index (χ0v) is 25.5. The van der Waals surface area contributed by atoms with Crippen molar-refractivity contribution in [2.24, 2.45) is 0 Å². The van der Waals surface area contributed by atoms with E-state index in [-0.39, 0.29) is 73.4 Å². The molecule has 3 rings (SSSR count). The zero-order chi connectivity index (χ0) is 33.5. The Hall–Kier alpha value is -5.56. The molecule has 0 aliphatic heterocycles. The molecule has 13 heteroatoms. The van der Waals surface area contributed by atoms with E-state index in [4.69, 9.17) is 28.4 Å². The minimum Gasteiger partial charge on any atom is -0.461 e. The van der Waals surface area contributed by atoms with Gasteiger partial charge in [0.2, 0.25) is 0 Å². The number of ether oxygens (including phenoxy) is 6. The van der Waals surface area contributed by atoms with Gasteiger partial charge in [0, 0.05) is 40.4 Å². The molecule has 0 spiro atoms. The van der Waals surface area contributed by atoms with E-state index in [1.165, 1.54) is 57.2 Å². The van der Waals surface area contributed by atoms with E-state index in [1.807, 2.05) is 0 Å². The Morgan fingerprint density at radius 3 is 0.978 bits per heavy atom. The van der Waals surface area contributed by atoms with Gasteiger partial charge in [-0.15, -0.1) is 0 Å². The van der Waals surface area contributed by atoms with Gasteiger partial charge in [0.1, 0.15) is 53.8 Å². The van der Waals surface area contributed by atoms with E-state index >= 15 is 0 Å². The number of nitrogens with zero attached hydrogens (tertiary/aromatic N) is 1. The molecule has 0 atom stereocenters. The van der Waals surface area contributed by atoms with Crippen LogP contribution < -0.4 is 14.2 Å². The van der Waals surface area contributed by atoms with Crippen molar-refractivity contribution in [3.8, 4) is 17.2 Å². The molecule has 0 fully saturated rings. The lowest BCUT2D eigenvalue weighted by molar-refractivity contribution is -0.132. The zero-order valence-electron chi connectivity index (χ0n) is 25.5. The summed E-state index contributed by atoms with van der Waals surface area (Å²) in [6, 6.07) is 18.4. The molecule has 0 heterocycles. The Labute approximate surface area is 264 Å². The molecule has 242 valence electrons. The van der Waals surface area contributed by atoms with Gasteiger partial charge in [-0.3, -0.25) is 19.3 Å². The Morgan fingerprint density at radius 2 is 0.717 bits per heavy atom. The third kappa shape index (κ3) is 11.2. The highest BCUT2D eigenvalue weighted by molar-refractivity contribution is 5.94. The first-order valence-corrected chi connectivity index (χ1v) is 14.1. The number of benzene rings is 3. The van der Waals surface area contributed by atoms with Crippen molar-refractivity contribution in [3.63, 3.8) is 0 Å². The summed E-state index contributed by atoms with van der Waals surface area (Å²) in [4.78, 5) is 74.1. The lowest BCUT2D eigenvalue weighted by Crippen LogP contribution is -2.35. The third-order valence-electron chi connectivity index (χ3n) is 6.00. The Bertz CT molecular complexity index is 1380. The second-order valence-corrected chi connectivity index (χ2v) is 9.52. The van der Waals surface area contributed by atoms with E-state index in [1.54, 1.807) is 41.3 Å². The first kappa shape index (κ1) is 34.9. The van der Waals surface area contributed by atoms with Gasteiger partial charge in [0.25, 0.3) is 0 Å². The lowest BCUT2D eigenvalue weighted by Gasteiger charge is -2.22. The molecular weight excluding hydrogens is 602 g/mol. The van der Waals surface area contributed by atoms with Crippen LogP contribution in [0.25, 0.3) is 0 Å². The predicted octanol–water partition coefficient (Wildman–Crippen LogP) is 3.64. The van der Waals surface area contributed by atoms with E-state index in [9.17, 15) is 28.8 Å². The summed E-state index contributed by atoms with van der Waals surface area (Å²) < 4.78 is 31.4. The van der Waals surface area contributed by atoms with Crippen LogP contribution in [-0.2, 0) is 28.6 Å². The third-order valence-corrected chi connectivity index (χ3v) is 6.00. The highest BCUT2D eigenvalue weighted by Crippen LogP contribution is 2.21. The van der Waals surface area contributed by atoms with Gasteiger partial charge in [-0.05, 0) is 36.4 Å². The summed E-state index contributed by atoms with van der Waals surface area (Å²) in [6.07, 6.45) is 0. The second kappa shape index (κ2) is 17.7. The fraction of sp³-hybridized carbons (Fsp3) is 0.273. The molecule has 0 amide bonds. The van der Waals surface area contributed by atoms with Crippen molar-refractivity contribution in [2.75, 3.05) is 39.5 Å². The van der Waals surface area contributed by atoms with Crippen LogP contribution in [0.4, 0.5) is 0 Å². The number of para-hydroxylation sites is 3. The molecule has 0 unspecified atom stereocenters. The molecule has 0 aliphatic carbocycles. The molecule has 3 aromatic carbocycles. The Morgan fingerprint density at radius 1 is 0.457 bits per heavy atom. The maximum Gasteiger partial charge on any atom is 0.341 e. The minimum absolute atomic E-state index is 0.0544. The SMILES string of the molecule is CC(=O)Oc1ccccc1C(=O)OCCN(CCOC(=O)c1ccccc1OC(C)=O)CCOC(=O)c1ccccc1OC(C)=O. The lowest BCUT2D eigenvalue weighted by atomic mass is 10.2. The van der Waals surface area contributed by atoms with E-state index < -0.39 is 35.8 Å². The number of hydrogen-bond donors (Lipinski definition) is 0. The summed E-state index contributed by atoms with van der Waals surface area (Å²) in [5.41, 5.74) is 0.181. The van der Waals surface area contributed by atoms with E-state index in [0.717, 1.165) is 0 Å². The molecular formula is C33H33NO12. The number of hydrogen-bond acceptors (Lipinski definition) is 13. The normalized spacial score (nSPS) is 10.4. The van der Waals surface area contributed by atoms with Crippen LogP contribution >= 0.6 is 0 Å². The largest absolute Gasteiger partial charge is 0.461 e. The van der Waals surface area contributed by atoms with Gasteiger partial charge in [0.05, 0.1) is 0 Å². The van der Waals surface area contributed by atoms with Crippen LogP contribution in [0.5, 0.6) is 17.2 Å². The molecule has 46 heavy (non-hydrogen) atoms. The fourth-order valence-electron chi connectivity index (χ4n) is 4.01. The van der Waals surface area contributed by atoms with Crippen LogP contribution in [0, 0.1) is 0 Å². The average molecular weight is 636 g/mol. The molecule has 13 nitrogen and oxygen atoms in total. The average Bonchev–Trinajstić information content (AvgIpc) is 3.00. The standard InChI is InChI=1S/C33H33NO12/c1-22(35)44-28-13-7-4-10-25(28)31(38)41-19-16-34(17-20-42-32(39)26-11-5-8-14-29(26)45-23(2)36)18-21-43-33(40)27-12-6-9-15-30(27)46-24(3)37/h4-15H,16-21H2,1-3H3. The number of esters is 6. The maximum absolute atomic E-state index is 12.7. The number of carbonyl (C=O) groups is 6. The van der Waals surface area contributed by atoms with Crippen LogP contribution in [-0.4, -0.2) is 80.2 Å². The van der Waals surface area contributed by atoms with Gasteiger partial charge in [-0.25, -0.2) is 14.4 Å². The van der Waals surface area contributed by atoms with Crippen molar-refractivity contribution in [1.82, 2.24) is 4.90 Å². The van der Waals surface area contributed by atoms with Crippen LogP contribution in [0.2, 0.25) is 0 Å².